The zero-order chi connectivity index (χ0) is 14.4. The number of carboxylic acid groups (broad SMARTS) is 1. The van der Waals surface area contributed by atoms with Crippen molar-refractivity contribution in [2.24, 2.45) is 5.92 Å². The average Bonchev–Trinajstić information content (AvgIpc) is 2.33. The van der Waals surface area contributed by atoms with Crippen molar-refractivity contribution in [1.82, 2.24) is 15.5 Å². The minimum atomic E-state index is -0.883. The van der Waals surface area contributed by atoms with Crippen molar-refractivity contribution in [3.8, 4) is 0 Å². The van der Waals surface area contributed by atoms with E-state index in [0.717, 1.165) is 0 Å². The van der Waals surface area contributed by atoms with Crippen LogP contribution in [0.5, 0.6) is 0 Å². The zero-order valence-corrected chi connectivity index (χ0v) is 11.3. The molecule has 108 valence electrons. The standard InChI is InChI=1S/C12H21N3O4/c1-8(2)10-11(18)13-6-7-15(10)12(19)14-5-3-4-9(16)17/h8,10H,3-7H2,1-2H3,(H,13,18)(H,14,19)(H,16,17). The molecule has 1 heterocycles. The molecule has 0 aromatic rings. The summed E-state index contributed by atoms with van der Waals surface area (Å²) < 4.78 is 0. The molecule has 7 heteroatoms. The van der Waals surface area contributed by atoms with E-state index in [4.69, 9.17) is 5.11 Å². The van der Waals surface area contributed by atoms with Crippen LogP contribution in [-0.2, 0) is 9.59 Å². The van der Waals surface area contributed by atoms with E-state index in [1.807, 2.05) is 13.8 Å². The third-order valence-electron chi connectivity index (χ3n) is 2.99. The number of amides is 3. The average molecular weight is 271 g/mol. The molecule has 0 aromatic carbocycles. The molecule has 0 bridgehead atoms. The van der Waals surface area contributed by atoms with Crippen molar-refractivity contribution in [1.29, 1.82) is 0 Å². The third-order valence-corrected chi connectivity index (χ3v) is 2.99. The number of hydrogen-bond donors (Lipinski definition) is 3. The first-order valence-electron chi connectivity index (χ1n) is 6.47. The smallest absolute Gasteiger partial charge is 0.318 e. The van der Waals surface area contributed by atoms with Crippen LogP contribution in [0.4, 0.5) is 4.79 Å². The van der Waals surface area contributed by atoms with E-state index in [2.05, 4.69) is 10.6 Å². The van der Waals surface area contributed by atoms with Crippen molar-refractivity contribution in [2.75, 3.05) is 19.6 Å². The molecule has 3 N–H and O–H groups in total. The molecular weight excluding hydrogens is 250 g/mol. The molecule has 1 unspecified atom stereocenters. The quantitative estimate of drug-likeness (QED) is 0.614. The minimum absolute atomic E-state index is 0.0222. The summed E-state index contributed by atoms with van der Waals surface area (Å²) >= 11 is 0. The number of nitrogens with zero attached hydrogens (tertiary/aromatic N) is 1. The fourth-order valence-corrected chi connectivity index (χ4v) is 2.11. The predicted molar refractivity (Wildman–Crippen MR) is 68.6 cm³/mol. The second-order valence-electron chi connectivity index (χ2n) is 4.90. The molecule has 0 saturated carbocycles. The van der Waals surface area contributed by atoms with Gasteiger partial charge in [-0.1, -0.05) is 13.8 Å². The number of carboxylic acids is 1. The van der Waals surface area contributed by atoms with Crippen molar-refractivity contribution >= 4 is 17.9 Å². The van der Waals surface area contributed by atoms with Crippen LogP contribution in [0.1, 0.15) is 26.7 Å². The van der Waals surface area contributed by atoms with E-state index in [-0.39, 0.29) is 24.3 Å². The number of nitrogens with one attached hydrogen (secondary N) is 2. The van der Waals surface area contributed by atoms with Gasteiger partial charge in [-0.15, -0.1) is 0 Å². The van der Waals surface area contributed by atoms with E-state index in [1.165, 1.54) is 4.90 Å². The number of rotatable bonds is 5. The summed E-state index contributed by atoms with van der Waals surface area (Å²) in [4.78, 5) is 35.6. The Balaban J connectivity index is 2.49. The molecule has 1 aliphatic heterocycles. The Kier molecular flexibility index (Phi) is 5.59. The molecule has 0 radical (unpaired) electrons. The van der Waals surface area contributed by atoms with E-state index < -0.39 is 12.0 Å². The van der Waals surface area contributed by atoms with Gasteiger partial charge in [0.25, 0.3) is 0 Å². The van der Waals surface area contributed by atoms with Crippen molar-refractivity contribution in [3.05, 3.63) is 0 Å². The van der Waals surface area contributed by atoms with Crippen molar-refractivity contribution < 1.29 is 19.5 Å². The van der Waals surface area contributed by atoms with Crippen molar-refractivity contribution in [2.45, 2.75) is 32.7 Å². The molecule has 7 nitrogen and oxygen atoms in total. The van der Waals surface area contributed by atoms with Gasteiger partial charge in [0.1, 0.15) is 6.04 Å². The lowest BCUT2D eigenvalue weighted by Gasteiger charge is -2.37. The highest BCUT2D eigenvalue weighted by Crippen LogP contribution is 2.14. The predicted octanol–water partition coefficient (Wildman–Crippen LogP) is 0.0172. The topological polar surface area (TPSA) is 98.7 Å². The monoisotopic (exact) mass is 271 g/mol. The zero-order valence-electron chi connectivity index (χ0n) is 11.3. The van der Waals surface area contributed by atoms with Gasteiger partial charge >= 0.3 is 12.0 Å². The van der Waals surface area contributed by atoms with Crippen molar-refractivity contribution in [3.63, 3.8) is 0 Å². The molecule has 0 spiro atoms. The summed E-state index contributed by atoms with van der Waals surface area (Å²) in [6, 6.07) is -0.771. The van der Waals surface area contributed by atoms with Gasteiger partial charge in [-0.2, -0.15) is 0 Å². The van der Waals surface area contributed by atoms with E-state index in [9.17, 15) is 14.4 Å². The lowest BCUT2D eigenvalue weighted by molar-refractivity contribution is -0.137. The molecule has 1 atom stereocenters. The Bertz CT molecular complexity index is 357. The normalized spacial score (nSPS) is 19.2. The second-order valence-corrected chi connectivity index (χ2v) is 4.90. The summed E-state index contributed by atoms with van der Waals surface area (Å²) in [5.41, 5.74) is 0. The van der Waals surface area contributed by atoms with Gasteiger partial charge < -0.3 is 20.6 Å². The first-order chi connectivity index (χ1) is 8.93. The Morgan fingerprint density at radius 3 is 2.79 bits per heavy atom. The SMILES string of the molecule is CC(C)C1C(=O)NCCN1C(=O)NCCCC(=O)O. The van der Waals surface area contributed by atoms with Gasteiger partial charge in [0.2, 0.25) is 5.91 Å². The molecule has 3 amide bonds. The Morgan fingerprint density at radius 1 is 1.53 bits per heavy atom. The van der Waals surface area contributed by atoms with Gasteiger partial charge in [-0.3, -0.25) is 9.59 Å². The molecule has 0 aromatic heterocycles. The Labute approximate surface area is 112 Å². The highest BCUT2D eigenvalue weighted by Gasteiger charge is 2.34. The van der Waals surface area contributed by atoms with E-state index in [1.54, 1.807) is 0 Å². The third kappa shape index (κ3) is 4.42. The molecule has 0 aliphatic carbocycles. The number of urea groups is 1. The van der Waals surface area contributed by atoms with Crippen LogP contribution in [0, 0.1) is 5.92 Å². The maximum Gasteiger partial charge on any atom is 0.318 e. The summed E-state index contributed by atoms with van der Waals surface area (Å²) in [7, 11) is 0. The molecule has 1 aliphatic rings. The fourth-order valence-electron chi connectivity index (χ4n) is 2.11. The number of aliphatic carboxylic acids is 1. The largest absolute Gasteiger partial charge is 0.481 e. The van der Waals surface area contributed by atoms with Crippen LogP contribution in [-0.4, -0.2) is 53.6 Å². The molecule has 1 fully saturated rings. The summed E-state index contributed by atoms with van der Waals surface area (Å²) in [6.45, 7) is 5.00. The van der Waals surface area contributed by atoms with Crippen LogP contribution < -0.4 is 10.6 Å². The van der Waals surface area contributed by atoms with Crippen LogP contribution in [0.25, 0.3) is 0 Å². The fraction of sp³-hybridized carbons (Fsp3) is 0.750. The maximum atomic E-state index is 12.0. The van der Waals surface area contributed by atoms with E-state index >= 15 is 0 Å². The number of carbonyl (C=O) groups is 3. The summed E-state index contributed by atoms with van der Waals surface area (Å²) in [5, 5.41) is 13.9. The number of piperazine rings is 1. The number of carbonyl (C=O) groups excluding carboxylic acids is 2. The summed E-state index contributed by atoms with van der Waals surface area (Å²) in [6.07, 6.45) is 0.405. The van der Waals surface area contributed by atoms with Gasteiger partial charge in [-0.25, -0.2) is 4.79 Å². The van der Waals surface area contributed by atoms with E-state index in [0.29, 0.717) is 26.1 Å². The highest BCUT2D eigenvalue weighted by atomic mass is 16.4. The van der Waals surface area contributed by atoms with Crippen LogP contribution in [0.2, 0.25) is 0 Å². The minimum Gasteiger partial charge on any atom is -0.481 e. The van der Waals surface area contributed by atoms with Gasteiger partial charge in [0.05, 0.1) is 0 Å². The van der Waals surface area contributed by atoms with Crippen LogP contribution in [0.3, 0.4) is 0 Å². The van der Waals surface area contributed by atoms with Gasteiger partial charge in [-0.05, 0) is 12.3 Å². The van der Waals surface area contributed by atoms with Gasteiger partial charge in [0, 0.05) is 26.1 Å². The maximum absolute atomic E-state index is 12.0. The lowest BCUT2D eigenvalue weighted by atomic mass is 10.00. The Hall–Kier alpha value is -1.79. The first-order valence-corrected chi connectivity index (χ1v) is 6.47. The molecular formula is C12H21N3O4. The second kappa shape index (κ2) is 6.96. The summed E-state index contributed by atoms with van der Waals surface area (Å²) in [5.74, 6) is -0.987. The molecule has 1 rings (SSSR count). The number of hydrogen-bond acceptors (Lipinski definition) is 3. The van der Waals surface area contributed by atoms with Crippen LogP contribution >= 0.6 is 0 Å². The van der Waals surface area contributed by atoms with Crippen LogP contribution in [0.15, 0.2) is 0 Å². The first kappa shape index (κ1) is 15.3. The highest BCUT2D eigenvalue weighted by molar-refractivity contribution is 5.88. The van der Waals surface area contributed by atoms with Gasteiger partial charge in [0.15, 0.2) is 0 Å². The molecule has 19 heavy (non-hydrogen) atoms. The Morgan fingerprint density at radius 2 is 2.21 bits per heavy atom. The molecule has 1 saturated heterocycles. The lowest BCUT2D eigenvalue weighted by Crippen LogP contribution is -2.61.